The highest BCUT2D eigenvalue weighted by molar-refractivity contribution is 5.54. The third kappa shape index (κ3) is 1.84. The topological polar surface area (TPSA) is 107 Å². The van der Waals surface area contributed by atoms with Gasteiger partial charge in [-0.1, -0.05) is 0 Å². The van der Waals surface area contributed by atoms with Gasteiger partial charge in [0.15, 0.2) is 0 Å². The van der Waals surface area contributed by atoms with Gasteiger partial charge in [-0.2, -0.15) is 0 Å². The van der Waals surface area contributed by atoms with Gasteiger partial charge in [0.2, 0.25) is 0 Å². The number of nitro groups is 1. The molecule has 0 saturated carbocycles. The van der Waals surface area contributed by atoms with E-state index in [4.69, 9.17) is 12.9 Å². The second kappa shape index (κ2) is 4.07. The average molecular weight is 223 g/mol. The summed E-state index contributed by atoms with van der Waals surface area (Å²) in [7, 11) is 0. The molecule has 0 bridgehead atoms. The predicted molar refractivity (Wildman–Crippen MR) is 60.8 cm³/mol. The zero-order valence-corrected chi connectivity index (χ0v) is 8.67. The smallest absolute Gasteiger partial charge is 0.269 e. The number of nitrogens with two attached hydrogens (primary N) is 2. The monoisotopic (exact) mass is 223 g/mol. The van der Waals surface area contributed by atoms with E-state index in [2.05, 4.69) is 0 Å². The summed E-state index contributed by atoms with van der Waals surface area (Å²) in [5, 5.41) is 12.0. The second-order valence-corrected chi connectivity index (χ2v) is 3.87. The van der Waals surface area contributed by atoms with E-state index in [9.17, 15) is 10.1 Å². The molecule has 1 saturated heterocycles. The molecule has 0 radical (unpaired) electrons. The van der Waals surface area contributed by atoms with Crippen molar-refractivity contribution < 1.29 is 6.34 Å². The van der Waals surface area contributed by atoms with Crippen molar-refractivity contribution >= 4 is 11.4 Å². The molecule has 0 aromatic heterocycles. The van der Waals surface area contributed by atoms with Gasteiger partial charge in [0.05, 0.1) is 4.92 Å². The summed E-state index contributed by atoms with van der Waals surface area (Å²) in [4.78, 5) is 10.2. The first-order chi connectivity index (χ1) is 8.00. The Kier molecular flexibility index (Phi) is 2.43. The van der Waals surface area contributed by atoms with E-state index in [0.717, 1.165) is 0 Å². The van der Waals surface area contributed by atoms with Gasteiger partial charge in [-0.05, 0) is 19.0 Å². The standard InChI is InChI=1S/C10H14N4O2/c11-8-2-1-6(14(15)16)5-7(8)10-9(12)3-4-13-10/h1-2,5,9-10,13H,3-4,11-12H2/t9?,10-/m1/s1/i/hD. The minimum absolute atomic E-state index is 0.0262. The summed E-state index contributed by atoms with van der Waals surface area (Å²) in [6, 6.07) is 3.68. The molecule has 2 rings (SSSR count). The van der Waals surface area contributed by atoms with Crippen LogP contribution in [0.2, 0.25) is 1.41 Å². The first-order valence-electron chi connectivity index (χ1n) is 5.50. The van der Waals surface area contributed by atoms with Crippen LogP contribution in [0.25, 0.3) is 0 Å². The molecule has 0 amide bonds. The molecule has 1 aliphatic rings. The van der Waals surface area contributed by atoms with E-state index in [1.807, 2.05) is 0 Å². The zero-order valence-electron chi connectivity index (χ0n) is 9.67. The number of hydrogen-bond donors (Lipinski definition) is 3. The van der Waals surface area contributed by atoms with E-state index in [1.54, 1.807) is 0 Å². The number of benzene rings is 1. The van der Waals surface area contributed by atoms with Crippen LogP contribution in [0, 0.1) is 10.1 Å². The molecule has 1 fully saturated rings. The van der Waals surface area contributed by atoms with Crippen LogP contribution in [0.4, 0.5) is 11.4 Å². The van der Waals surface area contributed by atoms with Crippen molar-refractivity contribution in [3.05, 3.63) is 33.9 Å². The Balaban J connectivity index is 2.43. The number of nitrogen functional groups attached to an aromatic ring is 1. The Morgan fingerprint density at radius 2 is 2.38 bits per heavy atom. The van der Waals surface area contributed by atoms with Crippen molar-refractivity contribution in [2.75, 3.05) is 12.3 Å². The molecule has 6 nitrogen and oxygen atoms in total. The van der Waals surface area contributed by atoms with Crippen LogP contribution >= 0.6 is 0 Å². The van der Waals surface area contributed by atoms with E-state index >= 15 is 0 Å². The molecule has 2 atom stereocenters. The fourth-order valence-corrected chi connectivity index (χ4v) is 1.92. The molecule has 6 heteroatoms. The van der Waals surface area contributed by atoms with E-state index in [0.29, 0.717) is 24.2 Å². The van der Waals surface area contributed by atoms with Gasteiger partial charge in [-0.15, -0.1) is 0 Å². The summed E-state index contributed by atoms with van der Waals surface area (Å²) in [6.07, 6.45) is 0.691. The largest absolute Gasteiger partial charge is 0.398 e. The average Bonchev–Trinajstić information content (AvgIpc) is 2.59. The quantitative estimate of drug-likeness (QED) is 0.385. The third-order valence-electron chi connectivity index (χ3n) is 2.79. The van der Waals surface area contributed by atoms with Crippen molar-refractivity contribution in [2.45, 2.75) is 18.5 Å². The van der Waals surface area contributed by atoms with E-state index in [-0.39, 0.29) is 17.8 Å². The Hall–Kier alpha value is -1.66. The van der Waals surface area contributed by atoms with Crippen LogP contribution in [0.1, 0.15) is 18.0 Å². The Labute approximate surface area is 94.2 Å². The van der Waals surface area contributed by atoms with Crippen molar-refractivity contribution in [1.82, 2.24) is 5.31 Å². The van der Waals surface area contributed by atoms with Crippen molar-refractivity contribution in [2.24, 2.45) is 5.73 Å². The molecule has 0 spiro atoms. The first-order valence-corrected chi connectivity index (χ1v) is 5.05. The van der Waals surface area contributed by atoms with Gasteiger partial charge in [0.1, 0.15) is 1.41 Å². The maximum absolute atomic E-state index is 10.7. The SMILES string of the molecule is [2H]N1CCC(N)[C@H]1c1cc([N+](=O)[O-])ccc1N. The number of nitrogens with one attached hydrogen (secondary N) is 1. The molecule has 1 unspecified atom stereocenters. The lowest BCUT2D eigenvalue weighted by Crippen LogP contribution is -2.28. The van der Waals surface area contributed by atoms with Gasteiger partial charge in [-0.3, -0.25) is 10.1 Å². The highest BCUT2D eigenvalue weighted by Gasteiger charge is 2.27. The first kappa shape index (κ1) is 9.56. The predicted octanol–water partition coefficient (Wildman–Crippen LogP) is 0.539. The second-order valence-electron chi connectivity index (χ2n) is 3.87. The zero-order chi connectivity index (χ0) is 12.6. The van der Waals surface area contributed by atoms with Crippen LogP contribution in [0.5, 0.6) is 0 Å². The Morgan fingerprint density at radius 1 is 1.62 bits per heavy atom. The normalized spacial score (nSPS) is 26.7. The van der Waals surface area contributed by atoms with Crippen LogP contribution < -0.4 is 16.8 Å². The lowest BCUT2D eigenvalue weighted by atomic mass is 9.99. The molecule has 1 aromatic rings. The number of nitro benzene ring substituents is 1. The fourth-order valence-electron chi connectivity index (χ4n) is 1.92. The fraction of sp³-hybridized carbons (Fsp3) is 0.400. The van der Waals surface area contributed by atoms with Crippen LogP contribution in [-0.4, -0.2) is 17.5 Å². The Bertz CT molecular complexity index is 444. The summed E-state index contributed by atoms with van der Waals surface area (Å²) in [5.41, 5.74) is 12.7. The molecular formula is C10H14N4O2. The number of anilines is 1. The maximum atomic E-state index is 10.7. The molecule has 16 heavy (non-hydrogen) atoms. The number of nitrogens with zero attached hydrogens (tertiary/aromatic N) is 1. The van der Waals surface area contributed by atoms with Gasteiger partial charge in [0, 0.05) is 35.5 Å². The summed E-state index contributed by atoms with van der Waals surface area (Å²) in [6.45, 7) is 0.550. The molecule has 1 aromatic carbocycles. The van der Waals surface area contributed by atoms with Gasteiger partial charge in [-0.25, -0.2) is 0 Å². The van der Waals surface area contributed by atoms with Gasteiger partial charge < -0.3 is 16.8 Å². The summed E-state index contributed by atoms with van der Waals surface area (Å²) in [5.74, 6) is 0. The Morgan fingerprint density at radius 3 is 2.94 bits per heavy atom. The molecule has 5 N–H and O–H groups in total. The molecule has 1 heterocycles. The van der Waals surface area contributed by atoms with Crippen molar-refractivity contribution in [3.8, 4) is 0 Å². The molecule has 86 valence electrons. The van der Waals surface area contributed by atoms with Gasteiger partial charge in [0.25, 0.3) is 5.69 Å². The van der Waals surface area contributed by atoms with Crippen LogP contribution in [0.3, 0.4) is 0 Å². The third-order valence-corrected chi connectivity index (χ3v) is 2.79. The maximum Gasteiger partial charge on any atom is 0.269 e. The number of hydrogen-bond acceptors (Lipinski definition) is 5. The highest BCUT2D eigenvalue weighted by atomic mass is 16.6. The minimum atomic E-state index is -0.475. The van der Waals surface area contributed by atoms with Crippen molar-refractivity contribution in [1.29, 1.82) is 0 Å². The molecular weight excluding hydrogens is 208 g/mol. The van der Waals surface area contributed by atoms with Crippen LogP contribution in [0.15, 0.2) is 18.2 Å². The van der Waals surface area contributed by atoms with E-state index < -0.39 is 4.92 Å². The number of rotatable bonds is 2. The lowest BCUT2D eigenvalue weighted by Gasteiger charge is -2.17. The molecule has 0 aliphatic carbocycles. The summed E-state index contributed by atoms with van der Waals surface area (Å²) >= 11 is 0. The van der Waals surface area contributed by atoms with Gasteiger partial charge >= 0.3 is 0 Å². The van der Waals surface area contributed by atoms with Crippen LogP contribution in [-0.2, 0) is 0 Å². The minimum Gasteiger partial charge on any atom is -0.398 e. The molecule has 1 aliphatic heterocycles. The van der Waals surface area contributed by atoms with Crippen molar-refractivity contribution in [3.63, 3.8) is 0 Å². The highest BCUT2D eigenvalue weighted by Crippen LogP contribution is 2.30. The van der Waals surface area contributed by atoms with E-state index in [1.165, 1.54) is 23.5 Å². The summed E-state index contributed by atoms with van der Waals surface area (Å²) < 4.78 is 7.76. The lowest BCUT2D eigenvalue weighted by molar-refractivity contribution is -0.384. The number of non-ortho nitro benzene ring substituents is 1.